The second kappa shape index (κ2) is 7.61. The highest BCUT2D eigenvalue weighted by atomic mass is 32.2. The lowest BCUT2D eigenvalue weighted by molar-refractivity contribution is 0.184. The van der Waals surface area contributed by atoms with Crippen LogP contribution in [-0.4, -0.2) is 12.1 Å². The monoisotopic (exact) mass is 309 g/mol. The Bertz CT molecular complexity index is 742. The zero-order chi connectivity index (χ0) is 15.9. The summed E-state index contributed by atoms with van der Waals surface area (Å²) in [6, 6.07) is 13.6. The number of hydrogen-bond donors (Lipinski definition) is 0. The second-order valence-corrected chi connectivity index (χ2v) is 5.71. The predicted molar refractivity (Wildman–Crippen MR) is 85.1 cm³/mol. The van der Waals surface area contributed by atoms with Crippen molar-refractivity contribution in [3.8, 4) is 12.1 Å². The zero-order valence-corrected chi connectivity index (χ0v) is 13.3. The van der Waals surface area contributed by atoms with E-state index in [9.17, 15) is 5.26 Å². The van der Waals surface area contributed by atoms with Crippen LogP contribution in [0.3, 0.4) is 0 Å². The van der Waals surface area contributed by atoms with Crippen molar-refractivity contribution in [3.63, 3.8) is 0 Å². The topological polar surface area (TPSA) is 69.7 Å². The van der Waals surface area contributed by atoms with Crippen LogP contribution < -0.4 is 0 Å². The summed E-state index contributed by atoms with van der Waals surface area (Å²) in [5.41, 5.74) is 4.03. The molecule has 0 aliphatic heterocycles. The van der Waals surface area contributed by atoms with Gasteiger partial charge in [-0.1, -0.05) is 12.1 Å². The number of methoxy groups -OCH3 is 1. The standard InChI is InChI=1S/C17H15N3OS/c1-12-7-15(10-21-2)16(9-19)17(20-12)22-11-14-5-3-13(8-18)4-6-14/h3-7H,10-11H2,1-2H3. The van der Waals surface area contributed by atoms with Crippen LogP contribution in [-0.2, 0) is 17.1 Å². The summed E-state index contributed by atoms with van der Waals surface area (Å²) in [4.78, 5) is 4.47. The third-order valence-corrected chi connectivity index (χ3v) is 4.11. The Labute approximate surface area is 134 Å². The number of nitriles is 2. The van der Waals surface area contributed by atoms with Crippen LogP contribution in [0.15, 0.2) is 35.4 Å². The molecule has 0 saturated heterocycles. The van der Waals surface area contributed by atoms with Gasteiger partial charge in [0.1, 0.15) is 11.1 Å². The average molecular weight is 309 g/mol. The van der Waals surface area contributed by atoms with Crippen LogP contribution in [0.25, 0.3) is 0 Å². The van der Waals surface area contributed by atoms with Crippen molar-refractivity contribution >= 4 is 11.8 Å². The SMILES string of the molecule is COCc1cc(C)nc(SCc2ccc(C#N)cc2)c1C#N. The van der Waals surface area contributed by atoms with E-state index in [1.165, 1.54) is 11.8 Å². The van der Waals surface area contributed by atoms with E-state index in [0.29, 0.717) is 23.5 Å². The van der Waals surface area contributed by atoms with Crippen LogP contribution in [0.4, 0.5) is 0 Å². The Morgan fingerprint density at radius 3 is 2.50 bits per heavy atom. The number of nitrogens with zero attached hydrogens (tertiary/aromatic N) is 3. The van der Waals surface area contributed by atoms with Gasteiger partial charge in [-0.2, -0.15) is 10.5 Å². The number of hydrogen-bond acceptors (Lipinski definition) is 5. The fraction of sp³-hybridized carbons (Fsp3) is 0.235. The highest BCUT2D eigenvalue weighted by molar-refractivity contribution is 7.98. The number of pyridine rings is 1. The Morgan fingerprint density at radius 1 is 1.18 bits per heavy atom. The van der Waals surface area contributed by atoms with E-state index in [2.05, 4.69) is 17.1 Å². The molecule has 0 atom stereocenters. The minimum absolute atomic E-state index is 0.399. The third kappa shape index (κ3) is 3.85. The fourth-order valence-electron chi connectivity index (χ4n) is 2.03. The molecule has 0 bridgehead atoms. The molecular weight excluding hydrogens is 294 g/mol. The molecule has 1 heterocycles. The summed E-state index contributed by atoms with van der Waals surface area (Å²) >= 11 is 1.52. The molecule has 2 rings (SSSR count). The van der Waals surface area contributed by atoms with E-state index in [-0.39, 0.29) is 0 Å². The maximum atomic E-state index is 9.39. The van der Waals surface area contributed by atoms with Gasteiger partial charge < -0.3 is 4.74 Å². The Morgan fingerprint density at radius 2 is 1.91 bits per heavy atom. The van der Waals surface area contributed by atoms with Gasteiger partial charge >= 0.3 is 0 Å². The van der Waals surface area contributed by atoms with Crippen molar-refractivity contribution < 1.29 is 4.74 Å². The Balaban J connectivity index is 2.21. The molecule has 0 aliphatic carbocycles. The summed E-state index contributed by atoms with van der Waals surface area (Å²) < 4.78 is 5.15. The summed E-state index contributed by atoms with van der Waals surface area (Å²) in [6.45, 7) is 2.31. The lowest BCUT2D eigenvalue weighted by Crippen LogP contribution is -1.99. The Hall–Kier alpha value is -2.34. The van der Waals surface area contributed by atoms with Crippen molar-refractivity contribution in [1.82, 2.24) is 4.98 Å². The molecule has 0 unspecified atom stereocenters. The van der Waals surface area contributed by atoms with E-state index in [4.69, 9.17) is 10.00 Å². The smallest absolute Gasteiger partial charge is 0.115 e. The van der Waals surface area contributed by atoms with Gasteiger partial charge in [0.15, 0.2) is 0 Å². The molecule has 2 aromatic rings. The number of ether oxygens (including phenoxy) is 1. The fourth-order valence-corrected chi connectivity index (χ4v) is 3.06. The van der Waals surface area contributed by atoms with Crippen molar-refractivity contribution in [2.75, 3.05) is 7.11 Å². The number of aryl methyl sites for hydroxylation is 1. The molecule has 1 aromatic heterocycles. The summed E-state index contributed by atoms with van der Waals surface area (Å²) in [5, 5.41) is 18.9. The molecule has 0 radical (unpaired) electrons. The minimum atomic E-state index is 0.399. The largest absolute Gasteiger partial charge is 0.380 e. The first-order valence-corrected chi connectivity index (χ1v) is 7.68. The molecule has 0 aliphatic rings. The van der Waals surface area contributed by atoms with Crippen LogP contribution in [0.5, 0.6) is 0 Å². The number of thioether (sulfide) groups is 1. The van der Waals surface area contributed by atoms with E-state index < -0.39 is 0 Å². The number of benzene rings is 1. The molecule has 22 heavy (non-hydrogen) atoms. The molecule has 1 aromatic carbocycles. The van der Waals surface area contributed by atoms with E-state index in [1.54, 1.807) is 19.2 Å². The van der Waals surface area contributed by atoms with Gasteiger partial charge in [0, 0.05) is 18.6 Å². The molecule has 4 nitrogen and oxygen atoms in total. The lowest BCUT2D eigenvalue weighted by Gasteiger charge is -2.09. The van der Waals surface area contributed by atoms with Crippen molar-refractivity contribution in [2.24, 2.45) is 0 Å². The summed E-state index contributed by atoms with van der Waals surface area (Å²) in [6.07, 6.45) is 0. The zero-order valence-electron chi connectivity index (χ0n) is 12.5. The number of rotatable bonds is 5. The molecule has 0 N–H and O–H groups in total. The first-order chi connectivity index (χ1) is 10.7. The quantitative estimate of drug-likeness (QED) is 0.790. The van der Waals surface area contributed by atoms with Crippen LogP contribution >= 0.6 is 11.8 Å². The van der Waals surface area contributed by atoms with Gasteiger partial charge in [-0.3, -0.25) is 0 Å². The number of aromatic nitrogens is 1. The van der Waals surface area contributed by atoms with Crippen LogP contribution in [0, 0.1) is 29.6 Å². The maximum Gasteiger partial charge on any atom is 0.115 e. The highest BCUT2D eigenvalue weighted by Gasteiger charge is 2.12. The molecule has 5 heteroatoms. The van der Waals surface area contributed by atoms with Crippen molar-refractivity contribution in [2.45, 2.75) is 24.3 Å². The molecule has 0 fully saturated rings. The van der Waals surface area contributed by atoms with Gasteiger partial charge in [-0.05, 0) is 36.2 Å². The second-order valence-electron chi connectivity index (χ2n) is 4.75. The molecule has 0 spiro atoms. The van der Waals surface area contributed by atoms with Crippen LogP contribution in [0.2, 0.25) is 0 Å². The highest BCUT2D eigenvalue weighted by Crippen LogP contribution is 2.27. The van der Waals surface area contributed by atoms with E-state index in [0.717, 1.165) is 21.8 Å². The van der Waals surface area contributed by atoms with E-state index in [1.807, 2.05) is 25.1 Å². The van der Waals surface area contributed by atoms with Crippen molar-refractivity contribution in [1.29, 1.82) is 10.5 Å². The van der Waals surface area contributed by atoms with E-state index >= 15 is 0 Å². The maximum absolute atomic E-state index is 9.39. The normalized spacial score (nSPS) is 10.0. The predicted octanol–water partition coefficient (Wildman–Crippen LogP) is 3.57. The summed E-state index contributed by atoms with van der Waals surface area (Å²) in [7, 11) is 1.61. The van der Waals surface area contributed by atoms with Gasteiger partial charge in [0.05, 0.1) is 23.8 Å². The van der Waals surface area contributed by atoms with Gasteiger partial charge in [-0.15, -0.1) is 11.8 Å². The minimum Gasteiger partial charge on any atom is -0.380 e. The third-order valence-electron chi connectivity index (χ3n) is 3.07. The molecule has 0 saturated carbocycles. The van der Waals surface area contributed by atoms with Gasteiger partial charge in [0.2, 0.25) is 0 Å². The molecular formula is C17H15N3OS. The first-order valence-electron chi connectivity index (χ1n) is 6.69. The molecule has 110 valence electrons. The van der Waals surface area contributed by atoms with Crippen molar-refractivity contribution in [3.05, 3.63) is 58.3 Å². The first kappa shape index (κ1) is 16.0. The van der Waals surface area contributed by atoms with Gasteiger partial charge in [0.25, 0.3) is 0 Å². The summed E-state index contributed by atoms with van der Waals surface area (Å²) in [5.74, 6) is 0.698. The average Bonchev–Trinajstić information content (AvgIpc) is 2.53. The van der Waals surface area contributed by atoms with Crippen LogP contribution in [0.1, 0.15) is 27.9 Å². The molecule has 0 amide bonds. The lowest BCUT2D eigenvalue weighted by atomic mass is 10.1. The van der Waals surface area contributed by atoms with Gasteiger partial charge in [-0.25, -0.2) is 4.98 Å². The Kier molecular flexibility index (Phi) is 5.55.